The molecule has 194 valence electrons. The molecule has 5 rings (SSSR count). The predicted octanol–water partition coefficient (Wildman–Crippen LogP) is 4.57. The molecule has 0 bridgehead atoms. The SMILES string of the molecule is COc1ccc(Cl)cc1NC(=O)c1csc(C2CCN(C(=O)N3CCN(c4ccccn4)CC3)CC2)n1. The van der Waals surface area contributed by atoms with E-state index < -0.39 is 0 Å². The van der Waals surface area contributed by atoms with Gasteiger partial charge in [-0.2, -0.15) is 0 Å². The fourth-order valence-corrected chi connectivity index (χ4v) is 5.87. The molecule has 3 amide bonds. The number of methoxy groups -OCH3 is 1. The number of halogens is 1. The second kappa shape index (κ2) is 11.4. The topological polar surface area (TPSA) is 90.9 Å². The lowest BCUT2D eigenvalue weighted by atomic mass is 9.98. The number of benzene rings is 1. The van der Waals surface area contributed by atoms with Crippen molar-refractivity contribution in [2.24, 2.45) is 0 Å². The van der Waals surface area contributed by atoms with E-state index in [0.29, 0.717) is 48.3 Å². The van der Waals surface area contributed by atoms with Gasteiger partial charge in [0.25, 0.3) is 5.91 Å². The number of thiazole rings is 1. The van der Waals surface area contributed by atoms with Crippen LogP contribution in [0.2, 0.25) is 5.02 Å². The minimum Gasteiger partial charge on any atom is -0.495 e. The molecule has 3 aromatic rings. The summed E-state index contributed by atoms with van der Waals surface area (Å²) in [6.07, 6.45) is 3.46. The molecule has 2 fully saturated rings. The molecule has 0 unspecified atom stereocenters. The maximum absolute atomic E-state index is 13.1. The molecule has 2 aromatic heterocycles. The third-order valence-electron chi connectivity index (χ3n) is 6.80. The maximum Gasteiger partial charge on any atom is 0.320 e. The van der Waals surface area contributed by atoms with Gasteiger partial charge in [-0.05, 0) is 43.2 Å². The van der Waals surface area contributed by atoms with Gasteiger partial charge in [0.2, 0.25) is 0 Å². The first-order valence-electron chi connectivity index (χ1n) is 12.3. The lowest BCUT2D eigenvalue weighted by molar-refractivity contribution is 0.102. The van der Waals surface area contributed by atoms with Crippen molar-refractivity contribution in [3.05, 3.63) is 63.7 Å². The molecule has 9 nitrogen and oxygen atoms in total. The number of rotatable bonds is 5. The normalized spacial score (nSPS) is 16.5. The molecule has 2 aliphatic heterocycles. The van der Waals surface area contributed by atoms with Crippen LogP contribution in [-0.4, -0.2) is 78.1 Å². The molecule has 2 saturated heterocycles. The Morgan fingerprint density at radius 2 is 1.81 bits per heavy atom. The third kappa shape index (κ3) is 5.80. The van der Waals surface area contributed by atoms with Gasteiger partial charge in [-0.25, -0.2) is 14.8 Å². The predicted molar refractivity (Wildman–Crippen MR) is 145 cm³/mol. The van der Waals surface area contributed by atoms with Crippen LogP contribution in [0.5, 0.6) is 5.75 Å². The molecule has 2 aliphatic rings. The van der Waals surface area contributed by atoms with Crippen LogP contribution in [0.1, 0.15) is 34.3 Å². The number of likely N-dealkylation sites (tertiary alicyclic amines) is 1. The Bertz CT molecular complexity index is 1240. The summed E-state index contributed by atoms with van der Waals surface area (Å²) < 4.78 is 5.30. The molecule has 0 radical (unpaired) electrons. The average Bonchev–Trinajstić information content (AvgIpc) is 3.44. The van der Waals surface area contributed by atoms with Crippen molar-refractivity contribution in [3.8, 4) is 5.75 Å². The third-order valence-corrected chi connectivity index (χ3v) is 8.04. The summed E-state index contributed by atoms with van der Waals surface area (Å²) in [5, 5.41) is 6.05. The highest BCUT2D eigenvalue weighted by Gasteiger charge is 2.30. The smallest absolute Gasteiger partial charge is 0.320 e. The fraction of sp³-hybridized carbons (Fsp3) is 0.385. The minimum atomic E-state index is -0.305. The molecule has 0 atom stereocenters. The van der Waals surface area contributed by atoms with Gasteiger partial charge >= 0.3 is 6.03 Å². The van der Waals surface area contributed by atoms with Gasteiger partial charge in [-0.3, -0.25) is 4.79 Å². The monoisotopic (exact) mass is 540 g/mol. The molecule has 4 heterocycles. The van der Waals surface area contributed by atoms with E-state index in [0.717, 1.165) is 36.8 Å². The van der Waals surface area contributed by atoms with Gasteiger partial charge in [0, 0.05) is 61.8 Å². The number of carbonyl (C=O) groups is 2. The zero-order valence-corrected chi connectivity index (χ0v) is 22.2. The number of carbonyl (C=O) groups excluding carboxylic acids is 2. The summed E-state index contributed by atoms with van der Waals surface area (Å²) in [4.78, 5) is 41.0. The van der Waals surface area contributed by atoms with Gasteiger partial charge in [0.15, 0.2) is 0 Å². The first kappa shape index (κ1) is 25.3. The van der Waals surface area contributed by atoms with Gasteiger partial charge in [0.1, 0.15) is 17.3 Å². The molecule has 11 heteroatoms. The number of piperazine rings is 1. The molecular formula is C26H29ClN6O3S. The molecule has 0 saturated carbocycles. The average molecular weight is 541 g/mol. The maximum atomic E-state index is 13.1. The molecule has 37 heavy (non-hydrogen) atoms. The highest BCUT2D eigenvalue weighted by atomic mass is 35.5. The number of hydrogen-bond donors (Lipinski definition) is 1. The molecule has 1 aromatic carbocycles. The number of nitrogens with zero attached hydrogens (tertiary/aromatic N) is 5. The summed E-state index contributed by atoms with van der Waals surface area (Å²) in [5.41, 5.74) is 0.869. The second-order valence-corrected chi connectivity index (χ2v) is 10.4. The van der Waals surface area contributed by atoms with E-state index in [-0.39, 0.29) is 17.9 Å². The summed E-state index contributed by atoms with van der Waals surface area (Å²) in [7, 11) is 1.54. The highest BCUT2D eigenvalue weighted by molar-refractivity contribution is 7.10. The Balaban J connectivity index is 1.12. The standard InChI is InChI=1S/C26H29ClN6O3S/c1-36-22-6-5-19(27)16-20(22)29-24(34)21-17-37-25(30-21)18-7-10-32(11-8-18)26(35)33-14-12-31(13-15-33)23-4-2-3-9-28-23/h2-6,9,16-18H,7-8,10-15H2,1H3,(H,29,34). The zero-order chi connectivity index (χ0) is 25.8. The van der Waals surface area contributed by atoms with Crippen molar-refractivity contribution >= 4 is 46.4 Å². The minimum absolute atomic E-state index is 0.105. The lowest BCUT2D eigenvalue weighted by Gasteiger charge is -2.39. The van der Waals surface area contributed by atoms with E-state index in [4.69, 9.17) is 16.3 Å². The van der Waals surface area contributed by atoms with Gasteiger partial charge in [-0.1, -0.05) is 17.7 Å². The number of hydrogen-bond acceptors (Lipinski definition) is 7. The van der Waals surface area contributed by atoms with E-state index in [9.17, 15) is 9.59 Å². The van der Waals surface area contributed by atoms with E-state index in [2.05, 4.69) is 20.2 Å². The van der Waals surface area contributed by atoms with Gasteiger partial charge in [-0.15, -0.1) is 11.3 Å². The summed E-state index contributed by atoms with van der Waals surface area (Å²) in [6, 6.07) is 11.1. The number of piperidine rings is 1. The quantitative estimate of drug-likeness (QED) is 0.509. The Morgan fingerprint density at radius 3 is 2.51 bits per heavy atom. The van der Waals surface area contributed by atoms with Crippen LogP contribution >= 0.6 is 22.9 Å². The van der Waals surface area contributed by atoms with E-state index in [1.165, 1.54) is 11.3 Å². The van der Waals surface area contributed by atoms with Crippen molar-refractivity contribution in [1.29, 1.82) is 0 Å². The molecule has 0 aliphatic carbocycles. The van der Waals surface area contributed by atoms with Crippen LogP contribution < -0.4 is 15.0 Å². The summed E-state index contributed by atoms with van der Waals surface area (Å²) >= 11 is 7.56. The number of ether oxygens (including phenoxy) is 1. The van der Waals surface area contributed by atoms with Crippen LogP contribution in [0.4, 0.5) is 16.3 Å². The molecule has 1 N–H and O–H groups in total. The van der Waals surface area contributed by atoms with Crippen molar-refractivity contribution in [1.82, 2.24) is 19.8 Å². The number of amides is 3. The second-order valence-electron chi connectivity index (χ2n) is 9.08. The largest absolute Gasteiger partial charge is 0.495 e. The lowest BCUT2D eigenvalue weighted by Crippen LogP contribution is -2.54. The van der Waals surface area contributed by atoms with Crippen LogP contribution in [0, 0.1) is 0 Å². The number of nitrogens with one attached hydrogen (secondary N) is 1. The van der Waals surface area contributed by atoms with Gasteiger partial charge < -0.3 is 24.8 Å². The molecule has 0 spiro atoms. The van der Waals surface area contributed by atoms with Crippen molar-refractivity contribution < 1.29 is 14.3 Å². The first-order valence-corrected chi connectivity index (χ1v) is 13.6. The van der Waals surface area contributed by atoms with Crippen LogP contribution in [0.15, 0.2) is 48.0 Å². The van der Waals surface area contributed by atoms with E-state index in [1.54, 1.807) is 36.9 Å². The van der Waals surface area contributed by atoms with Crippen LogP contribution in [0.25, 0.3) is 0 Å². The van der Waals surface area contributed by atoms with Crippen LogP contribution in [-0.2, 0) is 0 Å². The Morgan fingerprint density at radius 1 is 1.05 bits per heavy atom. The van der Waals surface area contributed by atoms with Crippen molar-refractivity contribution in [2.45, 2.75) is 18.8 Å². The number of anilines is 2. The highest BCUT2D eigenvalue weighted by Crippen LogP contribution is 2.32. The van der Waals surface area contributed by atoms with E-state index >= 15 is 0 Å². The number of pyridine rings is 1. The Kier molecular flexibility index (Phi) is 7.76. The fourth-order valence-electron chi connectivity index (χ4n) is 4.73. The number of urea groups is 1. The van der Waals surface area contributed by atoms with E-state index in [1.807, 2.05) is 28.0 Å². The van der Waals surface area contributed by atoms with Crippen molar-refractivity contribution in [2.75, 3.05) is 56.6 Å². The van der Waals surface area contributed by atoms with Gasteiger partial charge in [0.05, 0.1) is 17.8 Å². The Labute approximate surface area is 225 Å². The van der Waals surface area contributed by atoms with Crippen LogP contribution in [0.3, 0.4) is 0 Å². The summed E-state index contributed by atoms with van der Waals surface area (Å²) in [6.45, 7) is 4.32. The number of aromatic nitrogens is 2. The van der Waals surface area contributed by atoms with Crippen molar-refractivity contribution in [3.63, 3.8) is 0 Å². The Hall–Kier alpha value is -3.37. The molecular weight excluding hydrogens is 512 g/mol. The summed E-state index contributed by atoms with van der Waals surface area (Å²) in [5.74, 6) is 1.42. The first-order chi connectivity index (χ1) is 18.0. The zero-order valence-electron chi connectivity index (χ0n) is 20.6.